The number of amides is 1. The van der Waals surface area contributed by atoms with Gasteiger partial charge >= 0.3 is 0 Å². The van der Waals surface area contributed by atoms with Gasteiger partial charge in [0.25, 0.3) is 5.91 Å². The number of allylic oxidation sites excluding steroid dienone is 1. The van der Waals surface area contributed by atoms with Crippen LogP contribution in [0, 0.1) is 0 Å². The zero-order valence-electron chi connectivity index (χ0n) is 11.2. The van der Waals surface area contributed by atoms with Crippen LogP contribution < -0.4 is 10.5 Å². The Balaban J connectivity index is 2.06. The Morgan fingerprint density at radius 3 is 2.86 bits per heavy atom. The number of hydrogen-bond donors (Lipinski definition) is 3. The first-order valence-corrected chi connectivity index (χ1v) is 9.18. The van der Waals surface area contributed by atoms with Gasteiger partial charge in [0.05, 0.1) is 16.2 Å². The van der Waals surface area contributed by atoms with Crippen molar-refractivity contribution < 1.29 is 13.2 Å². The molecule has 3 rings (SSSR count). The molecule has 0 bridgehead atoms. The molecule has 0 aliphatic carbocycles. The first-order valence-electron chi connectivity index (χ1n) is 6.31. The van der Waals surface area contributed by atoms with Gasteiger partial charge in [-0.3, -0.25) is 9.52 Å². The van der Waals surface area contributed by atoms with Crippen LogP contribution in [0.5, 0.6) is 0 Å². The number of nitrogens with two attached hydrogens (primary N) is 1. The molecule has 1 amide bonds. The van der Waals surface area contributed by atoms with Gasteiger partial charge in [0.2, 0.25) is 10.0 Å². The van der Waals surface area contributed by atoms with E-state index in [0.717, 1.165) is 0 Å². The Bertz CT molecular complexity index is 881. The molecule has 22 heavy (non-hydrogen) atoms. The average Bonchev–Trinajstić information content (AvgIpc) is 3.10. The number of halogens is 1. The monoisotopic (exact) mass is 357 g/mol. The van der Waals surface area contributed by atoms with E-state index in [-0.39, 0.29) is 16.4 Å². The van der Waals surface area contributed by atoms with E-state index in [1.54, 1.807) is 29.7 Å². The van der Waals surface area contributed by atoms with Gasteiger partial charge in [0.1, 0.15) is 10.3 Å². The number of anilines is 1. The third kappa shape index (κ3) is 2.69. The fourth-order valence-corrected chi connectivity index (χ4v) is 4.98. The predicted octanol–water partition coefficient (Wildman–Crippen LogP) is 2.64. The highest BCUT2D eigenvalue weighted by Gasteiger charge is 2.28. The molecule has 1 aromatic heterocycles. The molecular formula is C13H12ClN3O3S2. The molecule has 2 aromatic rings. The zero-order valence-corrected chi connectivity index (χ0v) is 13.6. The summed E-state index contributed by atoms with van der Waals surface area (Å²) in [6.45, 7) is 0. The topological polar surface area (TPSA) is 105 Å². The van der Waals surface area contributed by atoms with E-state index in [4.69, 9.17) is 17.3 Å². The lowest BCUT2D eigenvalue weighted by Gasteiger charge is -2.14. The molecule has 0 saturated carbocycles. The number of carbonyl (C=O) groups is 1. The van der Waals surface area contributed by atoms with Crippen LogP contribution in [0.4, 0.5) is 5.69 Å². The van der Waals surface area contributed by atoms with Gasteiger partial charge in [-0.25, -0.2) is 8.42 Å². The molecule has 2 heterocycles. The number of primary amides is 1. The molecule has 0 saturated heterocycles. The van der Waals surface area contributed by atoms with Crippen LogP contribution in [0.25, 0.3) is 10.9 Å². The maximum Gasteiger partial charge on any atom is 0.265 e. The summed E-state index contributed by atoms with van der Waals surface area (Å²) >= 11 is 7.35. The van der Waals surface area contributed by atoms with E-state index in [1.165, 1.54) is 11.8 Å². The average molecular weight is 358 g/mol. The molecule has 1 aliphatic rings. The summed E-state index contributed by atoms with van der Waals surface area (Å²) in [6.07, 6.45) is 2.24. The summed E-state index contributed by atoms with van der Waals surface area (Å²) in [5.74, 6) is -0.628. The van der Waals surface area contributed by atoms with Crippen molar-refractivity contribution in [1.29, 1.82) is 0 Å². The maximum absolute atomic E-state index is 12.4. The molecule has 0 radical (unpaired) electrons. The Morgan fingerprint density at radius 2 is 2.23 bits per heavy atom. The van der Waals surface area contributed by atoms with Crippen LogP contribution in [0.15, 0.2) is 29.7 Å². The van der Waals surface area contributed by atoms with Crippen LogP contribution in [0.1, 0.15) is 16.9 Å². The fraction of sp³-hybridized carbons (Fsp3) is 0.154. The van der Waals surface area contributed by atoms with Crippen LogP contribution >= 0.6 is 23.4 Å². The van der Waals surface area contributed by atoms with Gasteiger partial charge in [-0.1, -0.05) is 23.7 Å². The zero-order chi connectivity index (χ0) is 15.9. The first kappa shape index (κ1) is 15.3. The second kappa shape index (κ2) is 5.53. The summed E-state index contributed by atoms with van der Waals surface area (Å²) in [6, 6.07) is 4.81. The van der Waals surface area contributed by atoms with Gasteiger partial charge < -0.3 is 10.7 Å². The Hall–Kier alpha value is -1.64. The molecule has 116 valence electrons. The number of fused-ring (bicyclic) bond motifs is 1. The quantitative estimate of drug-likeness (QED) is 0.782. The van der Waals surface area contributed by atoms with Gasteiger partial charge in [-0.05, 0) is 24.0 Å². The van der Waals surface area contributed by atoms with Crippen molar-refractivity contribution in [3.63, 3.8) is 0 Å². The van der Waals surface area contributed by atoms with Crippen molar-refractivity contribution in [3.8, 4) is 0 Å². The standard InChI is InChI=1S/C13H12ClN3O3S2/c14-8-4-3-7-6-9(13(15)18)16-11(7)12(8)17-22(19,20)10-2-1-5-21-10/h1,3-6,10,16-17H,2H2,(H2,15,18). The number of hydrogen-bond acceptors (Lipinski definition) is 4. The van der Waals surface area contributed by atoms with E-state index >= 15 is 0 Å². The molecule has 6 nitrogen and oxygen atoms in total. The first-order chi connectivity index (χ1) is 10.4. The summed E-state index contributed by atoms with van der Waals surface area (Å²) in [4.78, 5) is 14.1. The molecule has 1 aromatic carbocycles. The molecule has 9 heteroatoms. The smallest absolute Gasteiger partial charge is 0.265 e. The molecule has 0 fully saturated rings. The minimum Gasteiger partial charge on any atom is -0.364 e. The largest absolute Gasteiger partial charge is 0.364 e. The number of aromatic amines is 1. The number of H-pyrrole nitrogens is 1. The number of benzene rings is 1. The van der Waals surface area contributed by atoms with E-state index in [1.807, 2.05) is 0 Å². The highest BCUT2D eigenvalue weighted by Crippen LogP contribution is 2.35. The fourth-order valence-electron chi connectivity index (χ4n) is 2.18. The van der Waals surface area contributed by atoms with E-state index < -0.39 is 20.5 Å². The van der Waals surface area contributed by atoms with Gasteiger partial charge in [0.15, 0.2) is 0 Å². The van der Waals surface area contributed by atoms with Crippen molar-refractivity contribution >= 4 is 55.9 Å². The van der Waals surface area contributed by atoms with E-state index in [2.05, 4.69) is 9.71 Å². The predicted molar refractivity (Wildman–Crippen MR) is 89.5 cm³/mol. The van der Waals surface area contributed by atoms with Crippen molar-refractivity contribution in [3.05, 3.63) is 40.4 Å². The third-order valence-corrected chi connectivity index (χ3v) is 6.88. The van der Waals surface area contributed by atoms with E-state index in [0.29, 0.717) is 17.3 Å². The van der Waals surface area contributed by atoms with Crippen molar-refractivity contribution in [2.75, 3.05) is 4.72 Å². The van der Waals surface area contributed by atoms with E-state index in [9.17, 15) is 13.2 Å². The Kier molecular flexibility index (Phi) is 3.84. The minimum atomic E-state index is -3.61. The number of nitrogens with one attached hydrogen (secondary N) is 2. The number of thioether (sulfide) groups is 1. The molecule has 4 N–H and O–H groups in total. The summed E-state index contributed by atoms with van der Waals surface area (Å²) < 4.78 is 26.7. The highest BCUT2D eigenvalue weighted by molar-refractivity contribution is 8.15. The van der Waals surface area contributed by atoms with Crippen LogP contribution in [0.2, 0.25) is 5.02 Å². The highest BCUT2D eigenvalue weighted by atomic mass is 35.5. The molecule has 1 aliphatic heterocycles. The number of rotatable bonds is 4. The van der Waals surface area contributed by atoms with Crippen molar-refractivity contribution in [2.24, 2.45) is 5.73 Å². The molecular weight excluding hydrogens is 346 g/mol. The van der Waals surface area contributed by atoms with Gasteiger partial charge in [0, 0.05) is 5.39 Å². The molecule has 1 atom stereocenters. The van der Waals surface area contributed by atoms with Crippen molar-refractivity contribution in [2.45, 2.75) is 11.0 Å². The summed E-state index contributed by atoms with van der Waals surface area (Å²) in [7, 11) is -3.61. The van der Waals surface area contributed by atoms with Crippen LogP contribution in [0.3, 0.4) is 0 Å². The molecule has 1 unspecified atom stereocenters. The summed E-state index contributed by atoms with van der Waals surface area (Å²) in [5.41, 5.74) is 6.08. The maximum atomic E-state index is 12.4. The van der Waals surface area contributed by atoms with Crippen molar-refractivity contribution in [1.82, 2.24) is 4.98 Å². The second-order valence-electron chi connectivity index (χ2n) is 4.75. The minimum absolute atomic E-state index is 0.189. The lowest BCUT2D eigenvalue weighted by molar-refractivity contribution is 0.0996. The van der Waals surface area contributed by atoms with Crippen LogP contribution in [-0.4, -0.2) is 23.9 Å². The third-order valence-electron chi connectivity index (χ3n) is 3.26. The van der Waals surface area contributed by atoms with Gasteiger partial charge in [-0.15, -0.1) is 11.8 Å². The Morgan fingerprint density at radius 1 is 1.45 bits per heavy atom. The number of aromatic nitrogens is 1. The summed E-state index contributed by atoms with van der Waals surface area (Å²) in [5, 5.41) is 2.64. The van der Waals surface area contributed by atoms with Crippen LogP contribution in [-0.2, 0) is 10.0 Å². The second-order valence-corrected chi connectivity index (χ2v) is 8.44. The molecule has 0 spiro atoms. The SMILES string of the molecule is NC(=O)c1cc2ccc(Cl)c(NS(=O)(=O)C3CC=CS3)c2[nH]1. The van der Waals surface area contributed by atoms with Gasteiger partial charge in [-0.2, -0.15) is 0 Å². The lowest BCUT2D eigenvalue weighted by atomic mass is 10.2. The Labute approximate surface area is 136 Å². The number of carbonyl (C=O) groups excluding carboxylic acids is 1. The number of sulfonamides is 1. The lowest BCUT2D eigenvalue weighted by Crippen LogP contribution is -2.23. The normalized spacial score (nSPS) is 18.0.